The minimum Gasteiger partial charge on any atom is -0.449 e. The molecule has 2 amide bonds. The number of benzene rings is 1. The molecular formula is C21H30N2O3. The molecule has 1 saturated heterocycles. The topological polar surface area (TPSA) is 49.9 Å². The Balaban J connectivity index is 1.61. The minimum atomic E-state index is -0.206. The number of anilines is 1. The Morgan fingerprint density at radius 1 is 1.19 bits per heavy atom. The first kappa shape index (κ1) is 18.7. The van der Waals surface area contributed by atoms with E-state index in [4.69, 9.17) is 4.74 Å². The normalized spacial score (nSPS) is 19.9. The number of carbonyl (C=O) groups is 2. The highest BCUT2D eigenvalue weighted by Crippen LogP contribution is 2.33. The molecule has 0 spiro atoms. The summed E-state index contributed by atoms with van der Waals surface area (Å²) in [5.41, 5.74) is 0.965. The van der Waals surface area contributed by atoms with Gasteiger partial charge in [0, 0.05) is 31.2 Å². The molecule has 1 aliphatic heterocycles. The van der Waals surface area contributed by atoms with Crippen LogP contribution < -0.4 is 4.90 Å². The van der Waals surface area contributed by atoms with Crippen LogP contribution in [0.1, 0.15) is 45.4 Å². The van der Waals surface area contributed by atoms with Gasteiger partial charge in [-0.05, 0) is 50.2 Å². The second kappa shape index (κ2) is 9.06. The Morgan fingerprint density at radius 2 is 1.96 bits per heavy atom. The summed E-state index contributed by atoms with van der Waals surface area (Å²) in [6.07, 6.45) is 5.73. The van der Waals surface area contributed by atoms with E-state index in [2.05, 4.69) is 6.92 Å². The molecule has 2 fully saturated rings. The molecule has 0 aromatic heterocycles. The third kappa shape index (κ3) is 4.99. The summed E-state index contributed by atoms with van der Waals surface area (Å²) in [6.45, 7) is 4.68. The molecule has 0 bridgehead atoms. The number of rotatable bonds is 7. The van der Waals surface area contributed by atoms with Gasteiger partial charge in [0.05, 0.1) is 6.61 Å². The second-order valence-electron chi connectivity index (χ2n) is 7.48. The van der Waals surface area contributed by atoms with Crippen molar-refractivity contribution < 1.29 is 14.3 Å². The number of carbonyl (C=O) groups excluding carboxylic acids is 2. The highest BCUT2D eigenvalue weighted by Gasteiger charge is 2.36. The molecular weight excluding hydrogens is 328 g/mol. The summed E-state index contributed by atoms with van der Waals surface area (Å²) in [6, 6.07) is 9.92. The summed E-state index contributed by atoms with van der Waals surface area (Å²) in [7, 11) is 0. The molecule has 0 N–H and O–H groups in total. The number of para-hydroxylation sites is 1. The van der Waals surface area contributed by atoms with Crippen molar-refractivity contribution in [3.05, 3.63) is 30.3 Å². The Labute approximate surface area is 156 Å². The van der Waals surface area contributed by atoms with Crippen LogP contribution in [0.4, 0.5) is 10.5 Å². The predicted molar refractivity (Wildman–Crippen MR) is 102 cm³/mol. The number of likely N-dealkylation sites (tertiary alicyclic amines) is 1. The van der Waals surface area contributed by atoms with Gasteiger partial charge in [-0.15, -0.1) is 0 Å². The lowest BCUT2D eigenvalue weighted by atomic mass is 9.97. The van der Waals surface area contributed by atoms with E-state index in [1.807, 2.05) is 40.1 Å². The van der Waals surface area contributed by atoms with Crippen LogP contribution in [0.15, 0.2) is 30.3 Å². The summed E-state index contributed by atoms with van der Waals surface area (Å²) < 4.78 is 5.36. The molecule has 1 saturated carbocycles. The van der Waals surface area contributed by atoms with Crippen molar-refractivity contribution in [1.29, 1.82) is 0 Å². The number of hydrogen-bond acceptors (Lipinski definition) is 3. The van der Waals surface area contributed by atoms with Crippen molar-refractivity contribution in [2.75, 3.05) is 31.1 Å². The first-order valence-corrected chi connectivity index (χ1v) is 9.97. The van der Waals surface area contributed by atoms with Crippen LogP contribution in [0.3, 0.4) is 0 Å². The van der Waals surface area contributed by atoms with Crippen LogP contribution in [0.25, 0.3) is 0 Å². The summed E-state index contributed by atoms with van der Waals surface area (Å²) in [4.78, 5) is 28.8. The second-order valence-corrected chi connectivity index (χ2v) is 7.48. The standard InChI is InChI=1S/C21H30N2O3/c1-2-3-14-26-21(25)22-13-7-8-17(15-22)16-23(20(24)18-11-12-18)19-9-5-4-6-10-19/h4-6,9-10,17-18H,2-3,7-8,11-16H2,1H3. The fraction of sp³-hybridized carbons (Fsp3) is 0.619. The van der Waals surface area contributed by atoms with Crippen LogP contribution >= 0.6 is 0 Å². The molecule has 0 radical (unpaired) electrons. The summed E-state index contributed by atoms with van der Waals surface area (Å²) >= 11 is 0. The molecule has 1 atom stereocenters. The SMILES string of the molecule is CCCCOC(=O)N1CCCC(CN(C(=O)C2CC2)c2ccccc2)C1. The molecule has 3 rings (SSSR count). The van der Waals surface area contributed by atoms with E-state index in [1.54, 1.807) is 0 Å². The van der Waals surface area contributed by atoms with Crippen molar-refractivity contribution in [2.45, 2.75) is 45.4 Å². The van der Waals surface area contributed by atoms with Crippen molar-refractivity contribution in [3.63, 3.8) is 0 Å². The molecule has 1 aliphatic carbocycles. The van der Waals surface area contributed by atoms with Gasteiger partial charge in [-0.25, -0.2) is 4.79 Å². The van der Waals surface area contributed by atoms with Gasteiger partial charge in [0.15, 0.2) is 0 Å². The maximum Gasteiger partial charge on any atom is 0.409 e. The van der Waals surface area contributed by atoms with Gasteiger partial charge < -0.3 is 14.5 Å². The van der Waals surface area contributed by atoms with Crippen LogP contribution in [0.5, 0.6) is 0 Å². The Kier molecular flexibility index (Phi) is 6.53. The van der Waals surface area contributed by atoms with Crippen LogP contribution in [-0.4, -0.2) is 43.1 Å². The lowest BCUT2D eigenvalue weighted by molar-refractivity contribution is -0.120. The smallest absolute Gasteiger partial charge is 0.409 e. The zero-order chi connectivity index (χ0) is 18.4. The molecule has 142 valence electrons. The van der Waals surface area contributed by atoms with Gasteiger partial charge in [0.2, 0.25) is 5.91 Å². The van der Waals surface area contributed by atoms with Crippen LogP contribution in [-0.2, 0) is 9.53 Å². The van der Waals surface area contributed by atoms with Gasteiger partial charge in [-0.2, -0.15) is 0 Å². The third-order valence-electron chi connectivity index (χ3n) is 5.20. The molecule has 1 unspecified atom stereocenters. The number of nitrogens with zero attached hydrogens (tertiary/aromatic N) is 2. The molecule has 5 heteroatoms. The van der Waals surface area contributed by atoms with Crippen LogP contribution in [0.2, 0.25) is 0 Å². The van der Waals surface area contributed by atoms with Gasteiger partial charge in [0.25, 0.3) is 0 Å². The number of unbranched alkanes of at least 4 members (excludes halogenated alkanes) is 1. The van der Waals surface area contributed by atoms with E-state index in [1.165, 1.54) is 0 Å². The maximum absolute atomic E-state index is 12.8. The van der Waals surface area contributed by atoms with E-state index in [9.17, 15) is 9.59 Å². The van der Waals surface area contributed by atoms with E-state index in [0.717, 1.165) is 50.8 Å². The molecule has 1 aromatic rings. The molecule has 2 aliphatic rings. The molecule has 26 heavy (non-hydrogen) atoms. The number of hydrogen-bond donors (Lipinski definition) is 0. The van der Waals surface area contributed by atoms with Gasteiger partial charge in [-0.1, -0.05) is 31.5 Å². The van der Waals surface area contributed by atoms with E-state index in [0.29, 0.717) is 25.6 Å². The lowest BCUT2D eigenvalue weighted by Gasteiger charge is -2.35. The minimum absolute atomic E-state index is 0.189. The maximum atomic E-state index is 12.8. The Morgan fingerprint density at radius 3 is 2.65 bits per heavy atom. The monoisotopic (exact) mass is 358 g/mol. The first-order chi connectivity index (χ1) is 12.7. The van der Waals surface area contributed by atoms with E-state index in [-0.39, 0.29) is 17.9 Å². The molecule has 5 nitrogen and oxygen atoms in total. The zero-order valence-electron chi connectivity index (χ0n) is 15.7. The quantitative estimate of drug-likeness (QED) is 0.690. The highest BCUT2D eigenvalue weighted by atomic mass is 16.6. The van der Waals surface area contributed by atoms with E-state index < -0.39 is 0 Å². The first-order valence-electron chi connectivity index (χ1n) is 9.97. The number of ether oxygens (including phenoxy) is 1. The summed E-state index contributed by atoms with van der Waals surface area (Å²) in [5, 5.41) is 0. The van der Waals surface area contributed by atoms with Gasteiger partial charge >= 0.3 is 6.09 Å². The Hall–Kier alpha value is -2.04. The fourth-order valence-electron chi connectivity index (χ4n) is 3.51. The Bertz CT molecular complexity index is 601. The molecule has 1 heterocycles. The van der Waals surface area contributed by atoms with Crippen molar-refractivity contribution in [3.8, 4) is 0 Å². The van der Waals surface area contributed by atoms with Crippen molar-refractivity contribution in [2.24, 2.45) is 11.8 Å². The van der Waals surface area contributed by atoms with Gasteiger partial charge in [0.1, 0.15) is 0 Å². The fourth-order valence-corrected chi connectivity index (χ4v) is 3.51. The average Bonchev–Trinajstić information content (AvgIpc) is 3.52. The van der Waals surface area contributed by atoms with Crippen molar-refractivity contribution in [1.82, 2.24) is 4.90 Å². The average molecular weight is 358 g/mol. The third-order valence-corrected chi connectivity index (χ3v) is 5.20. The highest BCUT2D eigenvalue weighted by molar-refractivity contribution is 5.96. The zero-order valence-corrected chi connectivity index (χ0v) is 15.7. The largest absolute Gasteiger partial charge is 0.449 e. The van der Waals surface area contributed by atoms with Crippen LogP contribution in [0, 0.1) is 11.8 Å². The van der Waals surface area contributed by atoms with Crippen molar-refractivity contribution >= 4 is 17.7 Å². The lowest BCUT2D eigenvalue weighted by Crippen LogP contribution is -2.45. The van der Waals surface area contributed by atoms with E-state index >= 15 is 0 Å². The predicted octanol–water partition coefficient (Wildman–Crippen LogP) is 4.08. The summed E-state index contributed by atoms with van der Waals surface area (Å²) in [5.74, 6) is 0.720. The molecule has 1 aromatic carbocycles. The van der Waals surface area contributed by atoms with Gasteiger partial charge in [-0.3, -0.25) is 4.79 Å². The number of amides is 2. The number of piperidine rings is 1.